The van der Waals surface area contributed by atoms with E-state index in [1.165, 1.54) is 31.5 Å². The van der Waals surface area contributed by atoms with Gasteiger partial charge in [0, 0.05) is 18.0 Å². The van der Waals surface area contributed by atoms with E-state index in [0.717, 1.165) is 17.0 Å². The second-order valence-electron chi connectivity index (χ2n) is 7.85. The fourth-order valence-corrected chi connectivity index (χ4v) is 3.57. The van der Waals surface area contributed by atoms with E-state index in [-0.39, 0.29) is 24.4 Å². The van der Waals surface area contributed by atoms with Gasteiger partial charge in [0.2, 0.25) is 5.95 Å². The third-order valence-electron chi connectivity index (χ3n) is 5.42. The second kappa shape index (κ2) is 9.24. The topological polar surface area (TPSA) is 80.2 Å². The molecule has 1 aliphatic heterocycles. The molecule has 7 nitrogen and oxygen atoms in total. The van der Waals surface area contributed by atoms with Crippen LogP contribution in [0.15, 0.2) is 54.9 Å². The van der Waals surface area contributed by atoms with Gasteiger partial charge in [-0.15, -0.1) is 0 Å². The van der Waals surface area contributed by atoms with Crippen molar-refractivity contribution in [1.82, 2.24) is 15.0 Å². The summed E-state index contributed by atoms with van der Waals surface area (Å²) in [4.78, 5) is 26.0. The summed E-state index contributed by atoms with van der Waals surface area (Å²) >= 11 is 0. The number of carbonyl (C=O) groups is 1. The zero-order valence-electron chi connectivity index (χ0n) is 18.3. The molecule has 1 aliphatic rings. The third kappa shape index (κ3) is 4.92. The van der Waals surface area contributed by atoms with Crippen LogP contribution in [0.1, 0.15) is 31.1 Å². The van der Waals surface area contributed by atoms with Gasteiger partial charge in [-0.1, -0.05) is 18.2 Å². The number of hydrogen-bond acceptors (Lipinski definition) is 6. The first-order chi connectivity index (χ1) is 16.1. The third-order valence-corrected chi connectivity index (χ3v) is 5.42. The van der Waals surface area contributed by atoms with Gasteiger partial charge in [0.25, 0.3) is 0 Å². The van der Waals surface area contributed by atoms with Gasteiger partial charge in [-0.05, 0) is 43.7 Å². The minimum Gasteiger partial charge on any atom is -0.447 e. The minimum atomic E-state index is -4.43. The number of anilines is 2. The maximum atomic E-state index is 13.9. The fraction of sp³-hybridized carbons (Fsp3) is 0.304. The van der Waals surface area contributed by atoms with Gasteiger partial charge < -0.3 is 10.1 Å². The van der Waals surface area contributed by atoms with Crippen molar-refractivity contribution < 1.29 is 27.1 Å². The van der Waals surface area contributed by atoms with E-state index in [0.29, 0.717) is 16.8 Å². The molecule has 3 atom stereocenters. The van der Waals surface area contributed by atoms with Crippen molar-refractivity contribution in [3.63, 3.8) is 0 Å². The number of cyclic esters (lactones) is 1. The van der Waals surface area contributed by atoms with Crippen LogP contribution in [-0.4, -0.2) is 39.9 Å². The molecule has 1 N–H and O–H groups in total. The lowest BCUT2D eigenvalue weighted by Gasteiger charge is -2.22. The maximum absolute atomic E-state index is 13.9. The molecule has 0 spiro atoms. The van der Waals surface area contributed by atoms with Gasteiger partial charge in [-0.25, -0.2) is 14.2 Å². The molecular weight excluding hydrogens is 454 g/mol. The number of pyridine rings is 1. The molecular formula is C23H21F4N5O2. The highest BCUT2D eigenvalue weighted by Gasteiger charge is 2.39. The van der Waals surface area contributed by atoms with Gasteiger partial charge >= 0.3 is 12.3 Å². The van der Waals surface area contributed by atoms with Crippen LogP contribution in [0.25, 0.3) is 11.1 Å². The first-order valence-electron chi connectivity index (χ1n) is 10.5. The van der Waals surface area contributed by atoms with Crippen LogP contribution in [0.4, 0.5) is 34.1 Å². The molecule has 0 bridgehead atoms. The van der Waals surface area contributed by atoms with Gasteiger partial charge in [0.15, 0.2) is 0 Å². The quantitative estimate of drug-likeness (QED) is 0.480. The number of benzene rings is 1. The van der Waals surface area contributed by atoms with Gasteiger partial charge in [-0.3, -0.25) is 9.88 Å². The number of ether oxygens (including phenoxy) is 1. The van der Waals surface area contributed by atoms with Crippen molar-refractivity contribution in [2.45, 2.75) is 38.3 Å². The van der Waals surface area contributed by atoms with Crippen LogP contribution < -0.4 is 10.2 Å². The number of carbonyl (C=O) groups excluding carboxylic acids is 1. The summed E-state index contributed by atoms with van der Waals surface area (Å²) in [5, 5.41) is 3.06. The Morgan fingerprint density at radius 2 is 1.91 bits per heavy atom. The molecule has 0 aliphatic carbocycles. The van der Waals surface area contributed by atoms with E-state index in [9.17, 15) is 22.4 Å². The molecule has 0 radical (unpaired) electrons. The van der Waals surface area contributed by atoms with Crippen molar-refractivity contribution in [2.24, 2.45) is 0 Å². The number of nitrogens with zero attached hydrogens (tertiary/aromatic N) is 4. The van der Waals surface area contributed by atoms with E-state index in [4.69, 9.17) is 4.74 Å². The van der Waals surface area contributed by atoms with Gasteiger partial charge in [0.05, 0.1) is 17.3 Å². The van der Waals surface area contributed by atoms with E-state index < -0.39 is 30.0 Å². The van der Waals surface area contributed by atoms with Crippen LogP contribution in [0.5, 0.6) is 0 Å². The number of nitrogens with one attached hydrogen (secondary N) is 1. The Morgan fingerprint density at radius 1 is 1.12 bits per heavy atom. The predicted molar refractivity (Wildman–Crippen MR) is 117 cm³/mol. The highest BCUT2D eigenvalue weighted by Crippen LogP contribution is 2.32. The molecule has 1 unspecified atom stereocenters. The predicted octanol–water partition coefficient (Wildman–Crippen LogP) is 5.41. The van der Waals surface area contributed by atoms with Crippen molar-refractivity contribution in [2.75, 3.05) is 16.8 Å². The van der Waals surface area contributed by atoms with E-state index in [2.05, 4.69) is 20.3 Å². The van der Waals surface area contributed by atoms with Crippen molar-refractivity contribution in [3.05, 3.63) is 66.1 Å². The van der Waals surface area contributed by atoms with Crippen molar-refractivity contribution >= 4 is 17.9 Å². The normalized spacial score (nSPS) is 17.9. The second-order valence-corrected chi connectivity index (χ2v) is 7.85. The highest BCUT2D eigenvalue weighted by atomic mass is 19.4. The Kier molecular flexibility index (Phi) is 6.36. The monoisotopic (exact) mass is 475 g/mol. The van der Waals surface area contributed by atoms with Crippen LogP contribution in [0.3, 0.4) is 0 Å². The standard InChI is InChI=1S/C23H21F4N5O2/c1-13(24)19-12-34-22(33)32(19)20-8-9-28-21(31-20)30-14(2)18-7-6-16(11-29-18)15-4-3-5-17(10-15)23(25,26)27/h3-11,13-14,19H,12H2,1-2H3,(H,28,30,31)/t13-,14-,19?/m0/s1. The number of alkyl halides is 4. The molecule has 4 rings (SSSR count). The summed E-state index contributed by atoms with van der Waals surface area (Å²) in [5.74, 6) is 0.397. The maximum Gasteiger partial charge on any atom is 0.416 e. The van der Waals surface area contributed by atoms with Crippen molar-refractivity contribution in [1.29, 1.82) is 0 Å². The SMILES string of the molecule is C[C@H](Nc1nccc(N2C(=O)OCC2[C@H](C)F)n1)c1ccc(-c2cccc(C(F)(F)F)c2)cn1. The Bertz CT molecular complexity index is 1170. The molecule has 3 heterocycles. The number of amides is 1. The smallest absolute Gasteiger partial charge is 0.416 e. The summed E-state index contributed by atoms with van der Waals surface area (Å²) in [7, 11) is 0. The van der Waals surface area contributed by atoms with Gasteiger partial charge in [-0.2, -0.15) is 18.2 Å². The highest BCUT2D eigenvalue weighted by molar-refractivity contribution is 5.89. The molecule has 34 heavy (non-hydrogen) atoms. The van der Waals surface area contributed by atoms with E-state index in [1.807, 2.05) is 0 Å². The van der Waals surface area contributed by atoms with Crippen molar-refractivity contribution in [3.8, 4) is 11.1 Å². The average Bonchev–Trinajstić information content (AvgIpc) is 3.20. The van der Waals surface area contributed by atoms with Crippen LogP contribution in [0.2, 0.25) is 0 Å². The molecule has 1 amide bonds. The number of halogens is 4. The van der Waals surface area contributed by atoms with Crippen LogP contribution >= 0.6 is 0 Å². The lowest BCUT2D eigenvalue weighted by atomic mass is 10.0. The Morgan fingerprint density at radius 3 is 2.59 bits per heavy atom. The Hall–Kier alpha value is -3.76. The lowest BCUT2D eigenvalue weighted by molar-refractivity contribution is -0.137. The zero-order valence-corrected chi connectivity index (χ0v) is 18.3. The molecule has 0 saturated carbocycles. The lowest BCUT2D eigenvalue weighted by Crippen LogP contribution is -2.39. The summed E-state index contributed by atoms with van der Waals surface area (Å²) in [6.45, 7) is 3.08. The molecule has 11 heteroatoms. The van der Waals surface area contributed by atoms with Gasteiger partial charge in [0.1, 0.15) is 24.6 Å². The summed E-state index contributed by atoms with van der Waals surface area (Å²) in [6.07, 6.45) is -3.49. The molecule has 1 saturated heterocycles. The molecule has 178 valence electrons. The number of aromatic nitrogens is 3. The Balaban J connectivity index is 1.49. The minimum absolute atomic E-state index is 0.0676. The molecule has 1 aromatic carbocycles. The fourth-order valence-electron chi connectivity index (χ4n) is 3.57. The summed E-state index contributed by atoms with van der Waals surface area (Å²) in [6, 6.07) is 8.74. The Labute approximate surface area is 192 Å². The summed E-state index contributed by atoms with van der Waals surface area (Å²) in [5.41, 5.74) is 0.812. The van der Waals surface area contributed by atoms with Crippen LogP contribution in [-0.2, 0) is 10.9 Å². The number of rotatable bonds is 6. The van der Waals surface area contributed by atoms with E-state index in [1.54, 1.807) is 25.1 Å². The van der Waals surface area contributed by atoms with Crippen LogP contribution in [0, 0.1) is 0 Å². The first-order valence-corrected chi connectivity index (χ1v) is 10.5. The molecule has 3 aromatic rings. The first kappa shape index (κ1) is 23.4. The number of hydrogen-bond donors (Lipinski definition) is 1. The largest absolute Gasteiger partial charge is 0.447 e. The molecule has 2 aromatic heterocycles. The zero-order chi connectivity index (χ0) is 24.5. The summed E-state index contributed by atoms with van der Waals surface area (Å²) < 4.78 is 57.8. The van der Waals surface area contributed by atoms with E-state index >= 15 is 0 Å². The molecule has 1 fully saturated rings. The average molecular weight is 475 g/mol.